The van der Waals surface area contributed by atoms with E-state index in [4.69, 9.17) is 9.84 Å². The summed E-state index contributed by atoms with van der Waals surface area (Å²) in [6.45, 7) is 3.84. The zero-order valence-electron chi connectivity index (χ0n) is 8.93. The molecule has 0 fully saturated rings. The first-order valence-corrected chi connectivity index (χ1v) is 5.31. The predicted octanol–water partition coefficient (Wildman–Crippen LogP) is 2.70. The molecule has 0 amide bonds. The molecule has 0 bridgehead atoms. The van der Waals surface area contributed by atoms with Gasteiger partial charge in [0.1, 0.15) is 5.75 Å². The number of aliphatic carboxylic acids is 1. The van der Waals surface area contributed by atoms with Crippen molar-refractivity contribution in [1.29, 1.82) is 0 Å². The van der Waals surface area contributed by atoms with Crippen LogP contribution in [-0.2, 0) is 11.2 Å². The lowest BCUT2D eigenvalue weighted by Crippen LogP contribution is -2.05. The first-order valence-electron chi connectivity index (χ1n) is 4.51. The zero-order valence-corrected chi connectivity index (χ0v) is 10.5. The summed E-state index contributed by atoms with van der Waals surface area (Å²) >= 11 is 3.40. The maximum atomic E-state index is 10.7. The largest absolute Gasteiger partial charge is 0.495 e. The van der Waals surface area contributed by atoms with Gasteiger partial charge in [-0.2, -0.15) is 0 Å². The van der Waals surface area contributed by atoms with Crippen LogP contribution in [0.4, 0.5) is 0 Å². The van der Waals surface area contributed by atoms with Crippen molar-refractivity contribution < 1.29 is 14.6 Å². The number of halogens is 1. The van der Waals surface area contributed by atoms with Crippen molar-refractivity contribution in [3.8, 4) is 5.75 Å². The Morgan fingerprint density at radius 2 is 2.07 bits per heavy atom. The molecule has 0 unspecified atom stereocenters. The molecule has 0 atom stereocenters. The summed E-state index contributed by atoms with van der Waals surface area (Å²) in [6.07, 6.45) is -0.0200. The minimum Gasteiger partial charge on any atom is -0.495 e. The fraction of sp³-hybridized carbons (Fsp3) is 0.364. The van der Waals surface area contributed by atoms with E-state index < -0.39 is 5.97 Å². The SMILES string of the molecule is COc1c(Br)c(C)cc(C)c1CC(=O)O. The Morgan fingerprint density at radius 1 is 1.47 bits per heavy atom. The zero-order chi connectivity index (χ0) is 11.6. The highest BCUT2D eigenvalue weighted by Crippen LogP contribution is 2.34. The van der Waals surface area contributed by atoms with Crippen LogP contribution in [0.2, 0.25) is 0 Å². The molecule has 15 heavy (non-hydrogen) atoms. The lowest BCUT2D eigenvalue weighted by atomic mass is 10.0. The van der Waals surface area contributed by atoms with Gasteiger partial charge in [-0.05, 0) is 40.9 Å². The average molecular weight is 273 g/mol. The van der Waals surface area contributed by atoms with Gasteiger partial charge in [0.2, 0.25) is 0 Å². The Hall–Kier alpha value is -1.03. The summed E-state index contributed by atoms with van der Waals surface area (Å²) in [4.78, 5) is 10.7. The van der Waals surface area contributed by atoms with Gasteiger partial charge in [-0.25, -0.2) is 0 Å². The lowest BCUT2D eigenvalue weighted by Gasteiger charge is -2.14. The van der Waals surface area contributed by atoms with Crippen molar-refractivity contribution in [2.24, 2.45) is 0 Å². The van der Waals surface area contributed by atoms with E-state index in [2.05, 4.69) is 15.9 Å². The number of rotatable bonds is 3. The van der Waals surface area contributed by atoms with Gasteiger partial charge in [0.15, 0.2) is 0 Å². The summed E-state index contributed by atoms with van der Waals surface area (Å²) in [5.74, 6) is -0.234. The lowest BCUT2D eigenvalue weighted by molar-refractivity contribution is -0.136. The van der Waals surface area contributed by atoms with E-state index in [-0.39, 0.29) is 6.42 Å². The highest BCUT2D eigenvalue weighted by molar-refractivity contribution is 9.10. The smallest absolute Gasteiger partial charge is 0.307 e. The quantitative estimate of drug-likeness (QED) is 0.921. The molecule has 0 spiro atoms. The van der Waals surface area contributed by atoms with E-state index in [1.807, 2.05) is 19.9 Å². The maximum absolute atomic E-state index is 10.7. The topological polar surface area (TPSA) is 46.5 Å². The Kier molecular flexibility index (Phi) is 3.74. The molecule has 1 aromatic rings. The van der Waals surface area contributed by atoms with Gasteiger partial charge in [0.05, 0.1) is 18.0 Å². The number of ether oxygens (including phenoxy) is 1. The first kappa shape index (κ1) is 12.0. The summed E-state index contributed by atoms with van der Waals surface area (Å²) in [6, 6.07) is 1.95. The molecule has 1 aromatic carbocycles. The van der Waals surface area contributed by atoms with Crippen LogP contribution in [0.5, 0.6) is 5.75 Å². The Bertz CT molecular complexity index is 399. The Morgan fingerprint density at radius 3 is 2.53 bits per heavy atom. The Balaban J connectivity index is 3.35. The second-order valence-corrected chi connectivity index (χ2v) is 4.20. The number of carboxylic acids is 1. The Labute approximate surface area is 97.2 Å². The second kappa shape index (κ2) is 4.66. The van der Waals surface area contributed by atoms with Crippen molar-refractivity contribution in [3.05, 3.63) is 27.2 Å². The molecule has 1 N–H and O–H groups in total. The van der Waals surface area contributed by atoms with Crippen LogP contribution in [0.25, 0.3) is 0 Å². The molecule has 82 valence electrons. The van der Waals surface area contributed by atoms with Crippen molar-refractivity contribution in [1.82, 2.24) is 0 Å². The summed E-state index contributed by atoms with van der Waals surface area (Å²) in [5.41, 5.74) is 2.70. The fourth-order valence-electron chi connectivity index (χ4n) is 1.55. The molecule has 0 aliphatic carbocycles. The minimum atomic E-state index is -0.854. The van der Waals surface area contributed by atoms with Crippen LogP contribution < -0.4 is 4.74 Å². The molecule has 3 nitrogen and oxygen atoms in total. The van der Waals surface area contributed by atoms with Crippen LogP contribution in [0.1, 0.15) is 16.7 Å². The monoisotopic (exact) mass is 272 g/mol. The molecule has 0 aliphatic heterocycles. The number of hydrogen-bond acceptors (Lipinski definition) is 2. The number of aryl methyl sites for hydroxylation is 2. The number of carboxylic acid groups (broad SMARTS) is 1. The molecule has 0 heterocycles. The van der Waals surface area contributed by atoms with Gasteiger partial charge in [-0.3, -0.25) is 4.79 Å². The number of methoxy groups -OCH3 is 1. The van der Waals surface area contributed by atoms with Crippen LogP contribution >= 0.6 is 15.9 Å². The summed E-state index contributed by atoms with van der Waals surface area (Å²) in [5, 5.41) is 8.80. The maximum Gasteiger partial charge on any atom is 0.307 e. The van der Waals surface area contributed by atoms with Crippen LogP contribution in [0, 0.1) is 13.8 Å². The minimum absolute atomic E-state index is 0.0200. The van der Waals surface area contributed by atoms with Gasteiger partial charge in [-0.15, -0.1) is 0 Å². The fourth-order valence-corrected chi connectivity index (χ4v) is 2.07. The highest BCUT2D eigenvalue weighted by atomic mass is 79.9. The number of benzene rings is 1. The van der Waals surface area contributed by atoms with E-state index in [1.165, 1.54) is 0 Å². The summed E-state index contributed by atoms with van der Waals surface area (Å²) < 4.78 is 6.05. The van der Waals surface area contributed by atoms with Crippen molar-refractivity contribution in [3.63, 3.8) is 0 Å². The van der Waals surface area contributed by atoms with Crippen molar-refractivity contribution in [2.75, 3.05) is 7.11 Å². The average Bonchev–Trinajstić information content (AvgIpc) is 2.14. The molecule has 0 aromatic heterocycles. The molecule has 1 rings (SSSR count). The van der Waals surface area contributed by atoms with Gasteiger partial charge in [-0.1, -0.05) is 6.07 Å². The van der Waals surface area contributed by atoms with E-state index in [9.17, 15) is 4.79 Å². The first-order chi connectivity index (χ1) is 6.97. The molecule has 0 aliphatic rings. The van der Waals surface area contributed by atoms with Gasteiger partial charge in [0, 0.05) is 5.56 Å². The third-order valence-electron chi connectivity index (χ3n) is 2.26. The van der Waals surface area contributed by atoms with Gasteiger partial charge >= 0.3 is 5.97 Å². The second-order valence-electron chi connectivity index (χ2n) is 3.41. The van der Waals surface area contributed by atoms with Crippen molar-refractivity contribution >= 4 is 21.9 Å². The molecular weight excluding hydrogens is 260 g/mol. The third-order valence-corrected chi connectivity index (χ3v) is 3.25. The molecule has 0 saturated carbocycles. The predicted molar refractivity (Wildman–Crippen MR) is 61.5 cm³/mol. The normalized spacial score (nSPS) is 10.1. The van der Waals surface area contributed by atoms with Gasteiger partial charge < -0.3 is 9.84 Å². The van der Waals surface area contributed by atoms with E-state index in [0.717, 1.165) is 21.2 Å². The molecule has 0 saturated heterocycles. The van der Waals surface area contributed by atoms with Gasteiger partial charge in [0.25, 0.3) is 0 Å². The molecular formula is C11H13BrO3. The summed E-state index contributed by atoms with van der Waals surface area (Å²) in [7, 11) is 1.55. The van der Waals surface area contributed by atoms with Crippen LogP contribution in [0.3, 0.4) is 0 Å². The standard InChI is InChI=1S/C11H13BrO3/c1-6-4-7(2)10(12)11(15-3)8(6)5-9(13)14/h4H,5H2,1-3H3,(H,13,14). The number of carbonyl (C=O) groups is 1. The van der Waals surface area contributed by atoms with E-state index in [1.54, 1.807) is 7.11 Å². The van der Waals surface area contributed by atoms with E-state index in [0.29, 0.717) is 5.75 Å². The highest BCUT2D eigenvalue weighted by Gasteiger charge is 2.15. The third kappa shape index (κ3) is 2.50. The van der Waals surface area contributed by atoms with Crippen LogP contribution in [0.15, 0.2) is 10.5 Å². The van der Waals surface area contributed by atoms with Crippen LogP contribution in [-0.4, -0.2) is 18.2 Å². The van der Waals surface area contributed by atoms with Crippen molar-refractivity contribution in [2.45, 2.75) is 20.3 Å². The van der Waals surface area contributed by atoms with E-state index >= 15 is 0 Å². The molecule has 4 heteroatoms. The number of hydrogen-bond donors (Lipinski definition) is 1. The molecule has 0 radical (unpaired) electrons.